The third-order valence-corrected chi connectivity index (χ3v) is 4.29. The largest absolute Gasteiger partial charge is 0.493 e. The maximum atomic E-state index is 12.4. The number of para-hydroxylation sites is 1. The molecule has 0 aliphatic rings. The van der Waals surface area contributed by atoms with E-state index in [9.17, 15) is 9.90 Å². The van der Waals surface area contributed by atoms with E-state index in [2.05, 4.69) is 15.5 Å². The van der Waals surface area contributed by atoms with E-state index in [1.165, 1.54) is 4.57 Å². The number of carbonyl (C=O) groups is 1. The number of fused-ring (bicyclic) bond motifs is 1. The van der Waals surface area contributed by atoms with E-state index < -0.39 is 0 Å². The van der Waals surface area contributed by atoms with Crippen molar-refractivity contribution >= 4 is 39.8 Å². The van der Waals surface area contributed by atoms with Crippen LogP contribution >= 0.6 is 12.2 Å². The average molecular weight is 380 g/mol. The second-order valence-electron chi connectivity index (χ2n) is 6.01. The molecule has 3 rings (SSSR count). The number of thiocarbonyl (C=S) groups is 1. The molecule has 1 heterocycles. The highest BCUT2D eigenvalue weighted by Gasteiger charge is 2.20. The van der Waals surface area contributed by atoms with Crippen molar-refractivity contribution in [2.45, 2.75) is 26.3 Å². The van der Waals surface area contributed by atoms with Crippen LogP contribution in [0.25, 0.3) is 10.9 Å². The van der Waals surface area contributed by atoms with Gasteiger partial charge in [0.2, 0.25) is 16.9 Å². The number of nitrogens with zero attached hydrogens (tertiary/aromatic N) is 3. The number of aromatic hydroxyl groups is 1. The second-order valence-corrected chi connectivity index (χ2v) is 6.40. The molecule has 1 aromatic heterocycles. The van der Waals surface area contributed by atoms with Crippen molar-refractivity contribution in [3.63, 3.8) is 0 Å². The molecule has 0 saturated heterocycles. The van der Waals surface area contributed by atoms with Crippen molar-refractivity contribution in [2.75, 3.05) is 0 Å². The van der Waals surface area contributed by atoms with Gasteiger partial charge >= 0.3 is 0 Å². The van der Waals surface area contributed by atoms with Gasteiger partial charge in [0.25, 0.3) is 0 Å². The van der Waals surface area contributed by atoms with E-state index in [0.29, 0.717) is 30.3 Å². The molecule has 27 heavy (non-hydrogen) atoms. The first-order valence-corrected chi connectivity index (χ1v) is 9.11. The molecule has 6 nitrogen and oxygen atoms in total. The minimum absolute atomic E-state index is 0.183. The van der Waals surface area contributed by atoms with Crippen LogP contribution in [-0.4, -0.2) is 20.7 Å². The number of hydrogen-bond donors (Lipinski definition) is 2. The van der Waals surface area contributed by atoms with Gasteiger partial charge in [-0.15, -0.1) is 10.2 Å². The summed E-state index contributed by atoms with van der Waals surface area (Å²) in [4.78, 5) is 12.4. The highest BCUT2D eigenvalue weighted by Crippen LogP contribution is 2.38. The quantitative estimate of drug-likeness (QED) is 0.485. The average Bonchev–Trinajstić information content (AvgIpc) is 2.97. The van der Waals surface area contributed by atoms with Crippen LogP contribution in [0.3, 0.4) is 0 Å². The highest BCUT2D eigenvalue weighted by molar-refractivity contribution is 7.80. The van der Waals surface area contributed by atoms with Crippen LogP contribution in [0.2, 0.25) is 0 Å². The Morgan fingerprint density at radius 3 is 2.59 bits per heavy atom. The molecule has 2 aromatic carbocycles. The van der Waals surface area contributed by atoms with Crippen molar-refractivity contribution in [1.82, 2.24) is 9.88 Å². The first kappa shape index (κ1) is 18.7. The predicted molar refractivity (Wildman–Crippen MR) is 110 cm³/mol. The number of rotatable bonds is 5. The van der Waals surface area contributed by atoms with E-state index in [1.807, 2.05) is 49.4 Å². The Bertz CT molecular complexity index is 996. The van der Waals surface area contributed by atoms with Crippen molar-refractivity contribution in [3.8, 4) is 5.88 Å². The van der Waals surface area contributed by atoms with Crippen molar-refractivity contribution in [2.24, 2.45) is 10.2 Å². The molecule has 0 amide bonds. The molecule has 3 aromatic rings. The van der Waals surface area contributed by atoms with Gasteiger partial charge in [0.1, 0.15) is 0 Å². The smallest absolute Gasteiger partial charge is 0.233 e. The summed E-state index contributed by atoms with van der Waals surface area (Å²) in [7, 11) is 0. The number of aromatic nitrogens is 1. The molecule has 0 aliphatic carbocycles. The fourth-order valence-electron chi connectivity index (χ4n) is 2.79. The van der Waals surface area contributed by atoms with Crippen molar-refractivity contribution < 1.29 is 9.90 Å². The van der Waals surface area contributed by atoms with Crippen LogP contribution in [0.15, 0.2) is 64.8 Å². The molecule has 0 saturated carbocycles. The molecular formula is C20H20N4O2S. The van der Waals surface area contributed by atoms with Gasteiger partial charge in [0.15, 0.2) is 5.69 Å². The Kier molecular flexibility index (Phi) is 5.93. The van der Waals surface area contributed by atoms with Crippen LogP contribution in [0.5, 0.6) is 5.88 Å². The second kappa shape index (κ2) is 8.55. The topological polar surface area (TPSA) is 79.0 Å². The van der Waals surface area contributed by atoms with Gasteiger partial charge in [0, 0.05) is 18.4 Å². The van der Waals surface area contributed by atoms with Gasteiger partial charge < -0.3 is 10.4 Å². The predicted octanol–water partition coefficient (Wildman–Crippen LogP) is 4.95. The minimum atomic E-state index is -0.218. The Labute approximate surface area is 162 Å². The van der Waals surface area contributed by atoms with Crippen LogP contribution in [0.4, 0.5) is 5.69 Å². The maximum absolute atomic E-state index is 12.4. The standard InChI is InChI=1S/C20H20N4O2S/c1-2-8-17(25)24-16-12-7-6-11-15(16)18(19(24)26)22-23-20(27)21-13-14-9-4-3-5-10-14/h3-7,9-12,26H,2,8,13H2,1H3,(H,21,27). The van der Waals surface area contributed by atoms with Gasteiger partial charge in [-0.05, 0) is 30.3 Å². The summed E-state index contributed by atoms with van der Waals surface area (Å²) >= 11 is 5.19. The minimum Gasteiger partial charge on any atom is -0.493 e. The van der Waals surface area contributed by atoms with Gasteiger partial charge in [-0.2, -0.15) is 0 Å². The lowest BCUT2D eigenvalue weighted by Crippen LogP contribution is -2.18. The summed E-state index contributed by atoms with van der Waals surface area (Å²) in [6, 6.07) is 17.0. The van der Waals surface area contributed by atoms with E-state index in [-0.39, 0.29) is 22.6 Å². The van der Waals surface area contributed by atoms with Crippen LogP contribution in [0, 0.1) is 0 Å². The number of azo groups is 1. The zero-order valence-corrected chi connectivity index (χ0v) is 15.7. The Morgan fingerprint density at radius 2 is 1.85 bits per heavy atom. The van der Waals surface area contributed by atoms with E-state index in [1.54, 1.807) is 12.1 Å². The molecule has 0 fully saturated rings. The molecule has 0 radical (unpaired) electrons. The first-order valence-electron chi connectivity index (χ1n) is 8.71. The summed E-state index contributed by atoms with van der Waals surface area (Å²) in [5.41, 5.74) is 1.91. The van der Waals surface area contributed by atoms with Crippen molar-refractivity contribution in [1.29, 1.82) is 0 Å². The van der Waals surface area contributed by atoms with Crippen LogP contribution in [0.1, 0.15) is 30.1 Å². The summed E-state index contributed by atoms with van der Waals surface area (Å²) in [6.07, 6.45) is 1.02. The highest BCUT2D eigenvalue weighted by atomic mass is 32.1. The molecule has 0 bridgehead atoms. The lowest BCUT2D eigenvalue weighted by atomic mass is 10.2. The molecule has 7 heteroatoms. The molecular weight excluding hydrogens is 360 g/mol. The van der Waals surface area contributed by atoms with Gasteiger partial charge in [-0.3, -0.25) is 4.79 Å². The Morgan fingerprint density at radius 1 is 1.15 bits per heavy atom. The summed E-state index contributed by atoms with van der Waals surface area (Å²) in [5, 5.41) is 22.5. The lowest BCUT2D eigenvalue weighted by Gasteiger charge is -2.04. The number of nitrogens with one attached hydrogen (secondary N) is 1. The summed E-state index contributed by atoms with van der Waals surface area (Å²) in [6.45, 7) is 2.44. The Balaban J connectivity index is 1.84. The van der Waals surface area contributed by atoms with E-state index >= 15 is 0 Å². The third-order valence-electron chi connectivity index (χ3n) is 4.06. The van der Waals surface area contributed by atoms with E-state index in [0.717, 1.165) is 5.56 Å². The lowest BCUT2D eigenvalue weighted by molar-refractivity contribution is 0.0898. The Hall–Kier alpha value is -3.06. The van der Waals surface area contributed by atoms with Gasteiger partial charge in [-0.1, -0.05) is 55.5 Å². The SMILES string of the molecule is CCCC(=O)n1c(O)c(N=NC(=S)NCc2ccccc2)c2ccccc21. The van der Waals surface area contributed by atoms with E-state index in [4.69, 9.17) is 12.2 Å². The van der Waals surface area contributed by atoms with Crippen LogP contribution in [-0.2, 0) is 6.54 Å². The summed E-state index contributed by atoms with van der Waals surface area (Å²) in [5.74, 6) is -0.401. The normalized spacial score (nSPS) is 11.1. The molecule has 2 N–H and O–H groups in total. The summed E-state index contributed by atoms with van der Waals surface area (Å²) < 4.78 is 1.29. The fraction of sp³-hybridized carbons (Fsp3) is 0.200. The number of benzene rings is 2. The van der Waals surface area contributed by atoms with Crippen molar-refractivity contribution in [3.05, 3.63) is 60.2 Å². The molecule has 138 valence electrons. The zero-order valence-electron chi connectivity index (χ0n) is 14.9. The fourth-order valence-corrected chi connectivity index (χ4v) is 2.90. The zero-order chi connectivity index (χ0) is 19.2. The number of hydrogen-bond acceptors (Lipinski definition) is 4. The first-order chi connectivity index (χ1) is 13.1. The monoisotopic (exact) mass is 380 g/mol. The molecule has 0 spiro atoms. The molecule has 0 atom stereocenters. The number of carbonyl (C=O) groups excluding carboxylic acids is 1. The maximum Gasteiger partial charge on any atom is 0.233 e. The third kappa shape index (κ3) is 4.20. The molecule has 0 unspecified atom stereocenters. The molecule has 0 aliphatic heterocycles. The van der Waals surface area contributed by atoms with Gasteiger partial charge in [-0.25, -0.2) is 4.57 Å². The van der Waals surface area contributed by atoms with Gasteiger partial charge in [0.05, 0.1) is 5.52 Å². The van der Waals surface area contributed by atoms with Crippen LogP contribution < -0.4 is 5.32 Å².